The minimum absolute atomic E-state index is 0.0603. The molecule has 4 rings (SSSR count). The summed E-state index contributed by atoms with van der Waals surface area (Å²) in [6.45, 7) is 9.23. The number of benzene rings is 1. The Bertz CT molecular complexity index is 1240. The third-order valence-corrected chi connectivity index (χ3v) is 10.4. The van der Waals surface area contributed by atoms with Gasteiger partial charge in [-0.3, -0.25) is 4.79 Å². The molecule has 0 bridgehead atoms. The SMILES string of the molecule is CCS(=O)(=O)N(C)C1CCN(C2CCN(C(=O)c3ncnc(NCc4ccc(C)c(Cl)c4)c3C)CC2)CC1. The number of carbonyl (C=O) groups is 1. The number of hydrogen-bond acceptors (Lipinski definition) is 7. The second-order valence-corrected chi connectivity index (χ2v) is 13.1. The van der Waals surface area contributed by atoms with Crippen molar-refractivity contribution in [3.63, 3.8) is 0 Å². The van der Waals surface area contributed by atoms with Crippen LogP contribution in [-0.2, 0) is 16.6 Å². The van der Waals surface area contributed by atoms with Crippen molar-refractivity contribution in [2.24, 2.45) is 0 Å². The van der Waals surface area contributed by atoms with Crippen LogP contribution < -0.4 is 5.32 Å². The van der Waals surface area contributed by atoms with E-state index in [-0.39, 0.29) is 17.7 Å². The Morgan fingerprint density at radius 2 is 1.79 bits per heavy atom. The standard InChI is InChI=1S/C27H39ClN6O3S/c1-5-38(36,37)32(4)22-8-12-33(13-9-22)23-10-14-34(15-11-23)27(35)25-20(3)26(31-18-30-25)29-17-21-7-6-19(2)24(28)16-21/h6-7,16,18,22-23H,5,8-15,17H2,1-4H3,(H,29,30,31). The van der Waals surface area contributed by atoms with Gasteiger partial charge in [0.1, 0.15) is 17.8 Å². The summed E-state index contributed by atoms with van der Waals surface area (Å²) >= 11 is 6.25. The number of aryl methyl sites for hydroxylation is 1. The van der Waals surface area contributed by atoms with E-state index in [9.17, 15) is 13.2 Å². The number of nitrogens with one attached hydrogen (secondary N) is 1. The largest absolute Gasteiger partial charge is 0.366 e. The lowest BCUT2D eigenvalue weighted by Crippen LogP contribution is -2.52. The van der Waals surface area contributed by atoms with E-state index in [0.29, 0.717) is 37.2 Å². The minimum atomic E-state index is -3.16. The summed E-state index contributed by atoms with van der Waals surface area (Å²) in [5.74, 6) is 0.726. The number of rotatable bonds is 8. The maximum absolute atomic E-state index is 13.4. The predicted octanol–water partition coefficient (Wildman–Crippen LogP) is 3.71. The Morgan fingerprint density at radius 1 is 1.11 bits per heavy atom. The van der Waals surface area contributed by atoms with Crippen LogP contribution >= 0.6 is 11.6 Å². The maximum Gasteiger partial charge on any atom is 0.272 e. The van der Waals surface area contributed by atoms with Gasteiger partial charge >= 0.3 is 0 Å². The molecule has 0 saturated carbocycles. The van der Waals surface area contributed by atoms with Crippen molar-refractivity contribution in [2.45, 2.75) is 65.1 Å². The van der Waals surface area contributed by atoms with E-state index in [1.165, 1.54) is 6.33 Å². The van der Waals surface area contributed by atoms with Crippen molar-refractivity contribution < 1.29 is 13.2 Å². The van der Waals surface area contributed by atoms with Gasteiger partial charge in [0.05, 0.1) is 5.75 Å². The summed E-state index contributed by atoms with van der Waals surface area (Å²) in [6, 6.07) is 6.43. The van der Waals surface area contributed by atoms with Crippen LogP contribution in [0.4, 0.5) is 5.82 Å². The molecule has 0 spiro atoms. The molecule has 3 heterocycles. The first kappa shape index (κ1) is 28.7. The van der Waals surface area contributed by atoms with Gasteiger partial charge in [0.2, 0.25) is 10.0 Å². The van der Waals surface area contributed by atoms with Gasteiger partial charge in [-0.2, -0.15) is 0 Å². The molecule has 1 amide bonds. The Kier molecular flexibility index (Phi) is 9.28. The fourth-order valence-corrected chi connectivity index (χ4v) is 6.68. The number of halogens is 1. The number of amides is 1. The molecule has 2 fully saturated rings. The van der Waals surface area contributed by atoms with Crippen molar-refractivity contribution in [3.8, 4) is 0 Å². The van der Waals surface area contributed by atoms with E-state index in [4.69, 9.17) is 11.6 Å². The second-order valence-electron chi connectivity index (χ2n) is 10.3. The summed E-state index contributed by atoms with van der Waals surface area (Å²) in [5, 5.41) is 4.05. The molecule has 0 radical (unpaired) electrons. The fourth-order valence-electron chi connectivity index (χ4n) is 5.41. The Balaban J connectivity index is 1.30. The summed E-state index contributed by atoms with van der Waals surface area (Å²) < 4.78 is 26.0. The number of anilines is 1. The topological polar surface area (TPSA) is 98.7 Å². The average molecular weight is 563 g/mol. The first-order chi connectivity index (χ1) is 18.1. The summed E-state index contributed by atoms with van der Waals surface area (Å²) in [4.78, 5) is 26.4. The molecule has 1 aromatic heterocycles. The first-order valence-corrected chi connectivity index (χ1v) is 15.4. The lowest BCUT2D eigenvalue weighted by atomic mass is 9.97. The summed E-state index contributed by atoms with van der Waals surface area (Å²) in [5.41, 5.74) is 3.25. The highest BCUT2D eigenvalue weighted by molar-refractivity contribution is 7.89. The van der Waals surface area contributed by atoms with Crippen molar-refractivity contribution in [1.29, 1.82) is 0 Å². The van der Waals surface area contributed by atoms with Gasteiger partial charge in [0, 0.05) is 49.4 Å². The van der Waals surface area contributed by atoms with E-state index in [2.05, 4.69) is 20.2 Å². The molecular formula is C27H39ClN6O3S. The van der Waals surface area contributed by atoms with Crippen molar-refractivity contribution in [2.75, 3.05) is 44.3 Å². The van der Waals surface area contributed by atoms with Crippen LogP contribution in [-0.4, -0.2) is 89.5 Å². The van der Waals surface area contributed by atoms with Gasteiger partial charge in [-0.15, -0.1) is 0 Å². The highest BCUT2D eigenvalue weighted by Gasteiger charge is 2.33. The molecule has 0 atom stereocenters. The zero-order valence-electron chi connectivity index (χ0n) is 22.8. The first-order valence-electron chi connectivity index (χ1n) is 13.4. The Morgan fingerprint density at radius 3 is 2.42 bits per heavy atom. The smallest absolute Gasteiger partial charge is 0.272 e. The van der Waals surface area contributed by atoms with Gasteiger partial charge in [0.25, 0.3) is 5.91 Å². The predicted molar refractivity (Wildman–Crippen MR) is 151 cm³/mol. The van der Waals surface area contributed by atoms with Crippen molar-refractivity contribution in [3.05, 3.63) is 51.9 Å². The second kappa shape index (κ2) is 12.3. The maximum atomic E-state index is 13.4. The Labute approximate surface area is 231 Å². The highest BCUT2D eigenvalue weighted by Crippen LogP contribution is 2.26. The molecule has 208 valence electrons. The highest BCUT2D eigenvalue weighted by atomic mass is 35.5. The molecule has 2 saturated heterocycles. The molecule has 38 heavy (non-hydrogen) atoms. The third-order valence-electron chi connectivity index (χ3n) is 8.07. The van der Waals surface area contributed by atoms with Crippen LogP contribution in [0.15, 0.2) is 24.5 Å². The van der Waals surface area contributed by atoms with E-state index in [1.807, 2.05) is 36.9 Å². The van der Waals surface area contributed by atoms with Crippen molar-refractivity contribution in [1.82, 2.24) is 24.1 Å². The van der Waals surface area contributed by atoms with Gasteiger partial charge in [-0.05, 0) is 76.7 Å². The van der Waals surface area contributed by atoms with Crippen LogP contribution in [0.1, 0.15) is 59.8 Å². The van der Waals surface area contributed by atoms with Gasteiger partial charge in [-0.25, -0.2) is 22.7 Å². The molecule has 2 aliphatic heterocycles. The van der Waals surface area contributed by atoms with Crippen molar-refractivity contribution >= 4 is 33.3 Å². The number of likely N-dealkylation sites (tertiary alicyclic amines) is 2. The quantitative estimate of drug-likeness (QED) is 0.523. The van der Waals surface area contributed by atoms with Gasteiger partial charge in [0.15, 0.2) is 0 Å². The van der Waals surface area contributed by atoms with E-state index < -0.39 is 10.0 Å². The van der Waals surface area contributed by atoms with Crippen LogP contribution in [0, 0.1) is 13.8 Å². The normalized spacial score (nSPS) is 18.2. The molecule has 2 aliphatic rings. The average Bonchev–Trinajstić information content (AvgIpc) is 2.93. The monoisotopic (exact) mass is 562 g/mol. The fraction of sp³-hybridized carbons (Fsp3) is 0.593. The minimum Gasteiger partial charge on any atom is -0.366 e. The van der Waals surface area contributed by atoms with E-state index in [1.54, 1.807) is 18.3 Å². The summed E-state index contributed by atoms with van der Waals surface area (Å²) in [7, 11) is -1.46. The number of piperidine rings is 2. The zero-order chi connectivity index (χ0) is 27.4. The molecule has 9 nitrogen and oxygen atoms in total. The zero-order valence-corrected chi connectivity index (χ0v) is 24.4. The molecule has 0 unspecified atom stereocenters. The number of sulfonamides is 1. The molecule has 1 aromatic carbocycles. The third kappa shape index (κ3) is 6.47. The molecule has 11 heteroatoms. The van der Waals surface area contributed by atoms with Crippen LogP contribution in [0.5, 0.6) is 0 Å². The number of carbonyl (C=O) groups excluding carboxylic acids is 1. The molecular weight excluding hydrogens is 524 g/mol. The van der Waals surface area contributed by atoms with Crippen LogP contribution in [0.2, 0.25) is 5.02 Å². The Hall–Kier alpha value is -2.27. The number of nitrogens with zero attached hydrogens (tertiary/aromatic N) is 5. The molecule has 1 N–H and O–H groups in total. The number of hydrogen-bond donors (Lipinski definition) is 1. The molecule has 2 aromatic rings. The molecule has 0 aliphatic carbocycles. The van der Waals surface area contributed by atoms with Crippen LogP contribution in [0.25, 0.3) is 0 Å². The number of aromatic nitrogens is 2. The van der Waals surface area contributed by atoms with Gasteiger partial charge < -0.3 is 15.1 Å². The summed E-state index contributed by atoms with van der Waals surface area (Å²) in [6.07, 6.45) is 4.95. The van der Waals surface area contributed by atoms with E-state index >= 15 is 0 Å². The lowest BCUT2D eigenvalue weighted by Gasteiger charge is -2.43. The lowest BCUT2D eigenvalue weighted by molar-refractivity contribution is 0.0542. The van der Waals surface area contributed by atoms with Crippen LogP contribution in [0.3, 0.4) is 0 Å². The van der Waals surface area contributed by atoms with E-state index in [0.717, 1.165) is 60.5 Å². The van der Waals surface area contributed by atoms with Gasteiger partial charge in [-0.1, -0.05) is 23.7 Å².